The maximum atomic E-state index is 12.2. The van der Waals surface area contributed by atoms with E-state index in [1.807, 2.05) is 13.0 Å². The van der Waals surface area contributed by atoms with Gasteiger partial charge in [-0.05, 0) is 54.5 Å². The summed E-state index contributed by atoms with van der Waals surface area (Å²) < 4.78 is 0. The van der Waals surface area contributed by atoms with Crippen molar-refractivity contribution in [2.24, 2.45) is 0 Å². The summed E-state index contributed by atoms with van der Waals surface area (Å²) in [4.78, 5) is 12.2. The Morgan fingerprint density at radius 1 is 1.04 bits per heavy atom. The molecule has 1 atom stereocenters. The van der Waals surface area contributed by atoms with Crippen molar-refractivity contribution in [2.75, 3.05) is 0 Å². The van der Waals surface area contributed by atoms with Gasteiger partial charge >= 0.3 is 0 Å². The van der Waals surface area contributed by atoms with Crippen LogP contribution in [0.4, 0.5) is 0 Å². The second-order valence-electron chi connectivity index (χ2n) is 7.80. The molecule has 0 aliphatic heterocycles. The summed E-state index contributed by atoms with van der Waals surface area (Å²) in [7, 11) is 0. The van der Waals surface area contributed by atoms with E-state index >= 15 is 0 Å². The van der Waals surface area contributed by atoms with E-state index in [-0.39, 0.29) is 17.4 Å². The predicted octanol–water partition coefficient (Wildman–Crippen LogP) is 5.49. The predicted molar refractivity (Wildman–Crippen MR) is 107 cm³/mol. The molecule has 2 aromatic carbocycles. The highest BCUT2D eigenvalue weighted by Gasteiger charge is 2.13. The summed E-state index contributed by atoms with van der Waals surface area (Å²) in [5.41, 5.74) is 6.05. The van der Waals surface area contributed by atoms with Gasteiger partial charge in [-0.15, -0.1) is 0 Å². The number of nitrogens with one attached hydrogen (secondary N) is 1. The Hall–Kier alpha value is -2.35. The largest absolute Gasteiger partial charge is 0.346 e. The molecule has 0 fully saturated rings. The van der Waals surface area contributed by atoms with Crippen LogP contribution in [0.1, 0.15) is 61.6 Å². The van der Waals surface area contributed by atoms with Gasteiger partial charge in [0.25, 0.3) is 0 Å². The van der Waals surface area contributed by atoms with E-state index in [1.54, 1.807) is 6.08 Å². The number of hydrogen-bond acceptors (Lipinski definition) is 1. The highest BCUT2D eigenvalue weighted by atomic mass is 16.1. The number of carbonyl (C=O) groups excluding carboxylic acids is 1. The van der Waals surface area contributed by atoms with Gasteiger partial charge in [0.05, 0.1) is 6.04 Å². The Bertz CT molecular complexity index is 764. The molecule has 1 N–H and O–H groups in total. The number of aryl methyl sites for hydroxylation is 2. The lowest BCUT2D eigenvalue weighted by Crippen LogP contribution is -2.25. The molecule has 2 nitrogen and oxygen atoms in total. The van der Waals surface area contributed by atoms with Crippen LogP contribution in [-0.2, 0) is 10.2 Å². The van der Waals surface area contributed by atoms with Crippen molar-refractivity contribution in [3.8, 4) is 0 Å². The average molecular weight is 335 g/mol. The Balaban J connectivity index is 2.00. The van der Waals surface area contributed by atoms with E-state index in [0.29, 0.717) is 0 Å². The molecule has 25 heavy (non-hydrogen) atoms. The fourth-order valence-corrected chi connectivity index (χ4v) is 2.92. The molecule has 0 saturated heterocycles. The second kappa shape index (κ2) is 7.69. The van der Waals surface area contributed by atoms with Gasteiger partial charge in [0, 0.05) is 6.08 Å². The summed E-state index contributed by atoms with van der Waals surface area (Å²) in [6.07, 6.45) is 3.46. The molecule has 0 bridgehead atoms. The lowest BCUT2D eigenvalue weighted by Gasteiger charge is -2.18. The van der Waals surface area contributed by atoms with Crippen molar-refractivity contribution in [1.29, 1.82) is 0 Å². The van der Waals surface area contributed by atoms with E-state index in [1.165, 1.54) is 16.7 Å². The molecule has 2 rings (SSSR count). The highest BCUT2D eigenvalue weighted by molar-refractivity contribution is 5.92. The minimum atomic E-state index is -0.0765. The van der Waals surface area contributed by atoms with E-state index in [9.17, 15) is 4.79 Å². The zero-order chi connectivity index (χ0) is 18.6. The molecule has 0 aromatic heterocycles. The minimum Gasteiger partial charge on any atom is -0.346 e. The zero-order valence-electron chi connectivity index (χ0n) is 16.2. The molecule has 0 aliphatic carbocycles. The molecule has 2 aromatic rings. The number of carbonyl (C=O) groups is 1. The van der Waals surface area contributed by atoms with Crippen LogP contribution in [0.2, 0.25) is 0 Å². The fraction of sp³-hybridized carbons (Fsp3) is 0.348. The number of benzene rings is 2. The molecular formula is C23H29NO. The van der Waals surface area contributed by atoms with Crippen molar-refractivity contribution in [1.82, 2.24) is 5.32 Å². The first-order valence-corrected chi connectivity index (χ1v) is 8.83. The van der Waals surface area contributed by atoms with Gasteiger partial charge in [0.1, 0.15) is 0 Å². The van der Waals surface area contributed by atoms with Gasteiger partial charge in [-0.25, -0.2) is 0 Å². The zero-order valence-corrected chi connectivity index (χ0v) is 16.2. The van der Waals surface area contributed by atoms with Crippen LogP contribution in [0.25, 0.3) is 6.08 Å². The van der Waals surface area contributed by atoms with Crippen LogP contribution in [0.15, 0.2) is 48.5 Å². The van der Waals surface area contributed by atoms with Gasteiger partial charge in [-0.3, -0.25) is 4.79 Å². The molecule has 1 unspecified atom stereocenters. The quantitative estimate of drug-likeness (QED) is 0.735. The van der Waals surface area contributed by atoms with Gasteiger partial charge in [-0.2, -0.15) is 0 Å². The van der Waals surface area contributed by atoms with Gasteiger partial charge < -0.3 is 5.32 Å². The molecule has 0 radical (unpaired) electrons. The van der Waals surface area contributed by atoms with Crippen LogP contribution >= 0.6 is 0 Å². The van der Waals surface area contributed by atoms with Crippen LogP contribution in [0.3, 0.4) is 0 Å². The Kier molecular flexibility index (Phi) is 5.84. The summed E-state index contributed by atoms with van der Waals surface area (Å²) in [6.45, 7) is 12.8. The maximum absolute atomic E-state index is 12.2. The molecular weight excluding hydrogens is 306 g/mol. The van der Waals surface area contributed by atoms with Crippen molar-refractivity contribution in [2.45, 2.75) is 53.0 Å². The monoisotopic (exact) mass is 335 g/mol. The van der Waals surface area contributed by atoms with Crippen molar-refractivity contribution >= 4 is 12.0 Å². The van der Waals surface area contributed by atoms with Crippen molar-refractivity contribution < 1.29 is 4.79 Å². The van der Waals surface area contributed by atoms with E-state index in [2.05, 4.69) is 82.4 Å². The van der Waals surface area contributed by atoms with E-state index < -0.39 is 0 Å². The molecule has 132 valence electrons. The molecule has 0 spiro atoms. The van der Waals surface area contributed by atoms with Gasteiger partial charge in [0.2, 0.25) is 5.91 Å². The minimum absolute atomic E-state index is 0.0129. The third-order valence-corrected chi connectivity index (χ3v) is 4.45. The number of hydrogen-bond donors (Lipinski definition) is 1. The summed E-state index contributed by atoms with van der Waals surface area (Å²) in [5, 5.41) is 3.04. The summed E-state index contributed by atoms with van der Waals surface area (Å²) in [6, 6.07) is 14.6. The third-order valence-electron chi connectivity index (χ3n) is 4.45. The third kappa shape index (κ3) is 5.32. The molecule has 2 heteroatoms. The topological polar surface area (TPSA) is 29.1 Å². The normalized spacial score (nSPS) is 13.0. The van der Waals surface area contributed by atoms with Crippen LogP contribution in [0.5, 0.6) is 0 Å². The van der Waals surface area contributed by atoms with Crippen molar-refractivity contribution in [3.63, 3.8) is 0 Å². The molecule has 1 amide bonds. The van der Waals surface area contributed by atoms with Crippen LogP contribution in [0, 0.1) is 13.8 Å². The average Bonchev–Trinajstić information content (AvgIpc) is 2.52. The Morgan fingerprint density at radius 2 is 1.68 bits per heavy atom. The van der Waals surface area contributed by atoms with E-state index in [0.717, 1.165) is 11.1 Å². The molecule has 0 aliphatic rings. The van der Waals surface area contributed by atoms with Gasteiger partial charge in [0.15, 0.2) is 0 Å². The van der Waals surface area contributed by atoms with E-state index in [4.69, 9.17) is 0 Å². The lowest BCUT2D eigenvalue weighted by molar-refractivity contribution is -0.117. The number of rotatable bonds is 4. The summed E-state index contributed by atoms with van der Waals surface area (Å²) in [5.74, 6) is -0.0765. The highest BCUT2D eigenvalue weighted by Crippen LogP contribution is 2.22. The van der Waals surface area contributed by atoms with Crippen LogP contribution in [-0.4, -0.2) is 5.91 Å². The Labute approximate surface area is 152 Å². The SMILES string of the molecule is Cc1ccc(C(C)NC(=O)/C=C/c2ccc(C(C)(C)C)cc2)c(C)c1. The molecule has 0 saturated carbocycles. The smallest absolute Gasteiger partial charge is 0.244 e. The van der Waals surface area contributed by atoms with Crippen LogP contribution < -0.4 is 5.32 Å². The van der Waals surface area contributed by atoms with Crippen molar-refractivity contribution in [3.05, 3.63) is 76.4 Å². The Morgan fingerprint density at radius 3 is 2.24 bits per heavy atom. The molecule has 0 heterocycles. The first kappa shape index (κ1) is 19.0. The first-order chi connectivity index (χ1) is 11.7. The first-order valence-electron chi connectivity index (χ1n) is 8.83. The summed E-state index contributed by atoms with van der Waals surface area (Å²) >= 11 is 0. The lowest BCUT2D eigenvalue weighted by atomic mass is 9.87. The second-order valence-corrected chi connectivity index (χ2v) is 7.80. The fourth-order valence-electron chi connectivity index (χ4n) is 2.92. The number of amides is 1. The van der Waals surface area contributed by atoms with Gasteiger partial charge in [-0.1, -0.05) is 68.8 Å². The maximum Gasteiger partial charge on any atom is 0.244 e. The standard InChI is InChI=1S/C23H29NO/c1-16-7-13-21(17(2)15-16)18(3)24-22(25)14-10-19-8-11-20(12-9-19)23(4,5)6/h7-15,18H,1-6H3,(H,24,25)/b14-10+.